The van der Waals surface area contributed by atoms with E-state index in [1.807, 2.05) is 42.5 Å². The van der Waals surface area contributed by atoms with Crippen LogP contribution in [0.15, 0.2) is 78.9 Å². The summed E-state index contributed by atoms with van der Waals surface area (Å²) in [6.07, 6.45) is 0. The molecule has 0 unspecified atom stereocenters. The molecule has 0 amide bonds. The number of ether oxygens (including phenoxy) is 1. The van der Waals surface area contributed by atoms with Gasteiger partial charge in [-0.15, -0.1) is 0 Å². The Kier molecular flexibility index (Phi) is 3.97. The Morgan fingerprint density at radius 1 is 0.714 bits per heavy atom. The molecule has 0 N–H and O–H groups in total. The molecule has 0 aliphatic heterocycles. The summed E-state index contributed by atoms with van der Waals surface area (Å²) in [6.45, 7) is 0.421. The van der Waals surface area contributed by atoms with E-state index in [4.69, 9.17) is 4.74 Å². The smallest absolute Gasteiger partial charge is 0.127 e. The van der Waals surface area contributed by atoms with Gasteiger partial charge in [0.25, 0.3) is 0 Å². The first kappa shape index (κ1) is 13.4. The summed E-state index contributed by atoms with van der Waals surface area (Å²) >= 11 is 0. The first-order valence-electron chi connectivity index (χ1n) is 6.84. The van der Waals surface area contributed by atoms with Crippen molar-refractivity contribution in [3.05, 3.63) is 90.2 Å². The molecule has 1 nitrogen and oxygen atoms in total. The summed E-state index contributed by atoms with van der Waals surface area (Å²) < 4.78 is 18.8. The zero-order valence-electron chi connectivity index (χ0n) is 11.5. The van der Waals surface area contributed by atoms with Gasteiger partial charge in [0.05, 0.1) is 0 Å². The largest absolute Gasteiger partial charge is 0.488 e. The van der Waals surface area contributed by atoms with E-state index in [-0.39, 0.29) is 5.82 Å². The lowest BCUT2D eigenvalue weighted by Gasteiger charge is -2.11. The topological polar surface area (TPSA) is 9.23 Å². The third kappa shape index (κ3) is 3.29. The Bertz CT molecular complexity index is 705. The number of benzene rings is 3. The van der Waals surface area contributed by atoms with Gasteiger partial charge in [0.2, 0.25) is 0 Å². The summed E-state index contributed by atoms with van der Waals surface area (Å²) in [7, 11) is 0. The molecule has 3 rings (SSSR count). The third-order valence-corrected chi connectivity index (χ3v) is 3.28. The van der Waals surface area contributed by atoms with Crippen LogP contribution in [0.3, 0.4) is 0 Å². The highest BCUT2D eigenvalue weighted by Gasteiger charge is 2.05. The summed E-state index contributed by atoms with van der Waals surface area (Å²) in [5.41, 5.74) is 3.12. The summed E-state index contributed by atoms with van der Waals surface area (Å²) in [5.74, 6) is 0.594. The van der Waals surface area contributed by atoms with Gasteiger partial charge in [-0.3, -0.25) is 0 Å². The monoisotopic (exact) mass is 278 g/mol. The maximum absolute atomic E-state index is 12.9. The second kappa shape index (κ2) is 6.23. The Labute approximate surface area is 123 Å². The van der Waals surface area contributed by atoms with Gasteiger partial charge in [-0.05, 0) is 29.3 Å². The van der Waals surface area contributed by atoms with E-state index in [0.717, 1.165) is 22.4 Å². The lowest BCUT2D eigenvalue weighted by Crippen LogP contribution is -1.97. The van der Waals surface area contributed by atoms with Crippen LogP contribution < -0.4 is 4.74 Å². The molecule has 0 bridgehead atoms. The Hall–Kier alpha value is -2.61. The van der Waals surface area contributed by atoms with E-state index in [1.165, 1.54) is 12.1 Å². The molecule has 0 atom stereocenters. The van der Waals surface area contributed by atoms with Crippen molar-refractivity contribution in [2.75, 3.05) is 0 Å². The SMILES string of the molecule is Fc1ccc(COc2ccccc2-c2ccccc2)cc1. The van der Waals surface area contributed by atoms with E-state index in [0.29, 0.717) is 6.61 Å². The quantitative estimate of drug-likeness (QED) is 0.647. The average Bonchev–Trinajstić information content (AvgIpc) is 2.55. The number of hydrogen-bond donors (Lipinski definition) is 0. The van der Waals surface area contributed by atoms with Gasteiger partial charge in [-0.25, -0.2) is 4.39 Å². The van der Waals surface area contributed by atoms with Crippen LogP contribution in [0, 0.1) is 5.82 Å². The van der Waals surface area contributed by atoms with E-state index >= 15 is 0 Å². The van der Waals surface area contributed by atoms with E-state index in [2.05, 4.69) is 12.1 Å². The maximum Gasteiger partial charge on any atom is 0.127 e. The summed E-state index contributed by atoms with van der Waals surface area (Å²) in [6, 6.07) is 24.4. The molecule has 0 fully saturated rings. The minimum atomic E-state index is -0.233. The first-order chi connectivity index (χ1) is 10.3. The second-order valence-corrected chi connectivity index (χ2v) is 4.78. The zero-order valence-corrected chi connectivity index (χ0v) is 11.5. The lowest BCUT2D eigenvalue weighted by molar-refractivity contribution is 0.307. The van der Waals surface area contributed by atoms with E-state index < -0.39 is 0 Å². The fourth-order valence-electron chi connectivity index (χ4n) is 2.19. The fraction of sp³-hybridized carbons (Fsp3) is 0.0526. The van der Waals surface area contributed by atoms with Crippen molar-refractivity contribution < 1.29 is 9.13 Å². The van der Waals surface area contributed by atoms with Crippen molar-refractivity contribution in [2.24, 2.45) is 0 Å². The van der Waals surface area contributed by atoms with Crippen LogP contribution in [0.5, 0.6) is 5.75 Å². The van der Waals surface area contributed by atoms with Crippen molar-refractivity contribution in [3.8, 4) is 16.9 Å². The van der Waals surface area contributed by atoms with Crippen LogP contribution in [0.1, 0.15) is 5.56 Å². The van der Waals surface area contributed by atoms with Gasteiger partial charge < -0.3 is 4.74 Å². The zero-order chi connectivity index (χ0) is 14.5. The highest BCUT2D eigenvalue weighted by molar-refractivity contribution is 5.70. The first-order valence-corrected chi connectivity index (χ1v) is 6.84. The van der Waals surface area contributed by atoms with Crippen molar-refractivity contribution >= 4 is 0 Å². The van der Waals surface area contributed by atoms with Crippen LogP contribution >= 0.6 is 0 Å². The van der Waals surface area contributed by atoms with Gasteiger partial charge in [0.15, 0.2) is 0 Å². The average molecular weight is 278 g/mol. The van der Waals surface area contributed by atoms with E-state index in [1.54, 1.807) is 12.1 Å². The standard InChI is InChI=1S/C19H15FO/c20-17-12-10-15(11-13-17)14-21-19-9-5-4-8-18(19)16-6-2-1-3-7-16/h1-13H,14H2. The highest BCUT2D eigenvalue weighted by Crippen LogP contribution is 2.30. The minimum Gasteiger partial charge on any atom is -0.488 e. The molecule has 21 heavy (non-hydrogen) atoms. The molecule has 0 saturated carbocycles. The van der Waals surface area contributed by atoms with Crippen molar-refractivity contribution in [1.82, 2.24) is 0 Å². The predicted octanol–water partition coefficient (Wildman–Crippen LogP) is 5.07. The molecular weight excluding hydrogens is 263 g/mol. The Balaban J connectivity index is 1.81. The molecule has 0 aliphatic rings. The van der Waals surface area contributed by atoms with E-state index in [9.17, 15) is 4.39 Å². The molecule has 2 heteroatoms. The minimum absolute atomic E-state index is 0.233. The predicted molar refractivity (Wildman–Crippen MR) is 82.6 cm³/mol. The number of rotatable bonds is 4. The van der Waals surface area contributed by atoms with Crippen LogP contribution in [0.25, 0.3) is 11.1 Å². The molecule has 0 aromatic heterocycles. The van der Waals surface area contributed by atoms with Gasteiger partial charge >= 0.3 is 0 Å². The van der Waals surface area contributed by atoms with Gasteiger partial charge in [-0.1, -0.05) is 60.7 Å². The van der Waals surface area contributed by atoms with Crippen molar-refractivity contribution in [1.29, 1.82) is 0 Å². The van der Waals surface area contributed by atoms with Crippen molar-refractivity contribution in [3.63, 3.8) is 0 Å². The molecule has 0 heterocycles. The molecular formula is C19H15FO. The molecule has 3 aromatic rings. The number of halogens is 1. The van der Waals surface area contributed by atoms with Crippen LogP contribution in [0.2, 0.25) is 0 Å². The number of hydrogen-bond acceptors (Lipinski definition) is 1. The molecule has 3 aromatic carbocycles. The summed E-state index contributed by atoms with van der Waals surface area (Å²) in [5, 5.41) is 0. The summed E-state index contributed by atoms with van der Waals surface area (Å²) in [4.78, 5) is 0. The fourth-order valence-corrected chi connectivity index (χ4v) is 2.19. The normalized spacial score (nSPS) is 10.3. The molecule has 0 saturated heterocycles. The van der Waals surface area contributed by atoms with Gasteiger partial charge in [0, 0.05) is 5.56 Å². The Morgan fingerprint density at radius 3 is 2.14 bits per heavy atom. The van der Waals surface area contributed by atoms with Gasteiger partial charge in [-0.2, -0.15) is 0 Å². The molecule has 0 radical (unpaired) electrons. The third-order valence-electron chi connectivity index (χ3n) is 3.28. The van der Waals surface area contributed by atoms with Crippen LogP contribution in [0.4, 0.5) is 4.39 Å². The lowest BCUT2D eigenvalue weighted by atomic mass is 10.0. The van der Waals surface area contributed by atoms with Gasteiger partial charge in [0.1, 0.15) is 18.2 Å². The number of para-hydroxylation sites is 1. The van der Waals surface area contributed by atoms with Crippen molar-refractivity contribution in [2.45, 2.75) is 6.61 Å². The maximum atomic E-state index is 12.9. The molecule has 104 valence electrons. The molecule has 0 aliphatic carbocycles. The Morgan fingerprint density at radius 2 is 1.38 bits per heavy atom. The van der Waals surface area contributed by atoms with Crippen LogP contribution in [-0.2, 0) is 6.61 Å². The second-order valence-electron chi connectivity index (χ2n) is 4.78. The highest BCUT2D eigenvalue weighted by atomic mass is 19.1. The van der Waals surface area contributed by atoms with Crippen LogP contribution in [-0.4, -0.2) is 0 Å². The molecule has 0 spiro atoms.